The fraction of sp³-hybridized carbons (Fsp3) is 0.188. The van der Waals surface area contributed by atoms with E-state index in [1.807, 2.05) is 18.2 Å². The molecule has 2 aromatic rings. The highest BCUT2D eigenvalue weighted by molar-refractivity contribution is 6.30. The van der Waals surface area contributed by atoms with Crippen LogP contribution in [0.5, 0.6) is 11.5 Å². The van der Waals surface area contributed by atoms with Crippen LogP contribution in [0.4, 0.5) is 0 Å². The molecule has 0 amide bonds. The van der Waals surface area contributed by atoms with Gasteiger partial charge in [0.05, 0.1) is 14.2 Å². The van der Waals surface area contributed by atoms with E-state index in [4.69, 9.17) is 21.1 Å². The Balaban J connectivity index is 2.72. The lowest BCUT2D eigenvalue weighted by Gasteiger charge is -2.14. The molecule has 0 aliphatic rings. The van der Waals surface area contributed by atoms with Crippen LogP contribution in [0, 0.1) is 0 Å². The van der Waals surface area contributed by atoms with Gasteiger partial charge < -0.3 is 9.47 Å². The Morgan fingerprint density at radius 3 is 2.40 bits per heavy atom. The first kappa shape index (κ1) is 14.4. The van der Waals surface area contributed by atoms with E-state index in [0.29, 0.717) is 22.1 Å². The maximum absolute atomic E-state index is 11.6. The molecular formula is C16H15ClO3. The topological polar surface area (TPSA) is 35.5 Å². The molecule has 0 aromatic heterocycles. The van der Waals surface area contributed by atoms with Gasteiger partial charge in [-0.1, -0.05) is 23.7 Å². The smallest absolute Gasteiger partial charge is 0.168 e. The maximum atomic E-state index is 11.6. The molecule has 4 heteroatoms. The average molecular weight is 291 g/mol. The van der Waals surface area contributed by atoms with E-state index in [1.165, 1.54) is 6.92 Å². The van der Waals surface area contributed by atoms with Crippen LogP contribution < -0.4 is 9.47 Å². The van der Waals surface area contributed by atoms with E-state index < -0.39 is 0 Å². The molecule has 0 atom stereocenters. The Kier molecular flexibility index (Phi) is 4.30. The summed E-state index contributed by atoms with van der Waals surface area (Å²) in [5.74, 6) is 1.07. The molecule has 0 saturated carbocycles. The average Bonchev–Trinajstić information content (AvgIpc) is 2.45. The van der Waals surface area contributed by atoms with Gasteiger partial charge in [0.1, 0.15) is 0 Å². The monoisotopic (exact) mass is 290 g/mol. The summed E-state index contributed by atoms with van der Waals surface area (Å²) in [7, 11) is 3.11. The third kappa shape index (κ3) is 2.78. The van der Waals surface area contributed by atoms with Gasteiger partial charge in [-0.05, 0) is 36.8 Å². The normalized spacial score (nSPS) is 10.2. The molecule has 0 aliphatic heterocycles. The van der Waals surface area contributed by atoms with Crippen LogP contribution in [-0.4, -0.2) is 20.0 Å². The van der Waals surface area contributed by atoms with Crippen LogP contribution in [0.25, 0.3) is 11.1 Å². The van der Waals surface area contributed by atoms with Gasteiger partial charge in [0.15, 0.2) is 17.3 Å². The van der Waals surface area contributed by atoms with Crippen molar-refractivity contribution < 1.29 is 14.3 Å². The largest absolute Gasteiger partial charge is 0.493 e. The minimum Gasteiger partial charge on any atom is -0.493 e. The van der Waals surface area contributed by atoms with Crippen molar-refractivity contribution in [2.24, 2.45) is 0 Å². The van der Waals surface area contributed by atoms with E-state index in [9.17, 15) is 4.79 Å². The number of ketones is 1. The molecule has 0 unspecified atom stereocenters. The van der Waals surface area contributed by atoms with Gasteiger partial charge in [-0.15, -0.1) is 0 Å². The molecule has 3 nitrogen and oxygen atoms in total. The fourth-order valence-electron chi connectivity index (χ4n) is 2.04. The number of benzene rings is 2. The first-order valence-electron chi connectivity index (χ1n) is 6.09. The Morgan fingerprint density at radius 1 is 1.10 bits per heavy atom. The lowest BCUT2D eigenvalue weighted by Crippen LogP contribution is -1.99. The van der Waals surface area contributed by atoms with Crippen molar-refractivity contribution in [1.29, 1.82) is 0 Å². The van der Waals surface area contributed by atoms with Crippen molar-refractivity contribution in [3.05, 3.63) is 47.0 Å². The molecule has 2 rings (SSSR count). The lowest BCUT2D eigenvalue weighted by atomic mass is 9.99. The van der Waals surface area contributed by atoms with Crippen molar-refractivity contribution in [3.8, 4) is 22.6 Å². The highest BCUT2D eigenvalue weighted by Crippen LogP contribution is 2.39. The second-order valence-corrected chi connectivity index (χ2v) is 4.76. The number of hydrogen-bond donors (Lipinski definition) is 0. The molecule has 20 heavy (non-hydrogen) atoms. The molecule has 104 valence electrons. The second kappa shape index (κ2) is 5.97. The van der Waals surface area contributed by atoms with Crippen molar-refractivity contribution in [3.63, 3.8) is 0 Å². The number of carbonyl (C=O) groups is 1. The zero-order valence-corrected chi connectivity index (χ0v) is 12.3. The number of methoxy groups -OCH3 is 2. The predicted octanol–water partition coefficient (Wildman–Crippen LogP) is 4.23. The number of ether oxygens (including phenoxy) is 2. The summed E-state index contributed by atoms with van der Waals surface area (Å²) >= 11 is 6.03. The van der Waals surface area contributed by atoms with Gasteiger partial charge >= 0.3 is 0 Å². The van der Waals surface area contributed by atoms with Gasteiger partial charge in [0.2, 0.25) is 0 Å². The van der Waals surface area contributed by atoms with Crippen molar-refractivity contribution in [2.45, 2.75) is 6.92 Å². The highest BCUT2D eigenvalue weighted by Gasteiger charge is 2.16. The molecule has 0 spiro atoms. The zero-order chi connectivity index (χ0) is 14.7. The van der Waals surface area contributed by atoms with Crippen LogP contribution in [-0.2, 0) is 0 Å². The van der Waals surface area contributed by atoms with Gasteiger partial charge in [0, 0.05) is 16.1 Å². The number of carbonyl (C=O) groups excluding carboxylic acids is 1. The predicted molar refractivity (Wildman–Crippen MR) is 80.0 cm³/mol. The first-order valence-corrected chi connectivity index (χ1v) is 6.47. The van der Waals surface area contributed by atoms with E-state index in [1.54, 1.807) is 32.4 Å². The molecule has 0 aliphatic carbocycles. The fourth-order valence-corrected chi connectivity index (χ4v) is 2.23. The molecule has 0 radical (unpaired) electrons. The second-order valence-electron chi connectivity index (χ2n) is 4.33. The first-order chi connectivity index (χ1) is 9.56. The maximum Gasteiger partial charge on any atom is 0.168 e. The number of Topliss-reactive ketones (excluding diaryl/α,β-unsaturated/α-hetero) is 1. The highest BCUT2D eigenvalue weighted by atomic mass is 35.5. The minimum absolute atomic E-state index is 0.0331. The van der Waals surface area contributed by atoms with Crippen LogP contribution in [0.2, 0.25) is 5.02 Å². The standard InChI is InChI=1S/C16H15ClO3/c1-10(18)12-8-14(11-5-4-6-13(17)7-11)16(20-3)15(9-12)19-2/h4-9H,1-3H3. The summed E-state index contributed by atoms with van der Waals surface area (Å²) in [4.78, 5) is 11.6. The Morgan fingerprint density at radius 2 is 1.85 bits per heavy atom. The van der Waals surface area contributed by atoms with Crippen LogP contribution in [0.3, 0.4) is 0 Å². The van der Waals surface area contributed by atoms with E-state index in [-0.39, 0.29) is 5.78 Å². The summed E-state index contributed by atoms with van der Waals surface area (Å²) in [6, 6.07) is 10.8. The lowest BCUT2D eigenvalue weighted by molar-refractivity contribution is 0.101. The number of rotatable bonds is 4. The van der Waals surface area contributed by atoms with Gasteiger partial charge in [-0.25, -0.2) is 0 Å². The molecule has 0 heterocycles. The molecule has 0 saturated heterocycles. The summed E-state index contributed by atoms with van der Waals surface area (Å²) in [5.41, 5.74) is 2.22. The van der Waals surface area contributed by atoms with Gasteiger partial charge in [-0.2, -0.15) is 0 Å². The van der Waals surface area contributed by atoms with Crippen LogP contribution in [0.1, 0.15) is 17.3 Å². The molecule has 0 N–H and O–H groups in total. The third-order valence-electron chi connectivity index (χ3n) is 3.02. The van der Waals surface area contributed by atoms with E-state index >= 15 is 0 Å². The quantitative estimate of drug-likeness (QED) is 0.791. The third-order valence-corrected chi connectivity index (χ3v) is 3.26. The molecule has 0 bridgehead atoms. The molecule has 2 aromatic carbocycles. The Labute approximate surface area is 123 Å². The Hall–Kier alpha value is -2.00. The zero-order valence-electron chi connectivity index (χ0n) is 11.6. The number of hydrogen-bond acceptors (Lipinski definition) is 3. The Bertz CT molecular complexity index is 650. The van der Waals surface area contributed by atoms with E-state index in [2.05, 4.69) is 0 Å². The van der Waals surface area contributed by atoms with Crippen molar-refractivity contribution in [2.75, 3.05) is 14.2 Å². The van der Waals surface area contributed by atoms with Gasteiger partial charge in [-0.3, -0.25) is 4.79 Å². The minimum atomic E-state index is -0.0331. The van der Waals surface area contributed by atoms with Gasteiger partial charge in [0.25, 0.3) is 0 Å². The van der Waals surface area contributed by atoms with E-state index in [0.717, 1.165) is 11.1 Å². The summed E-state index contributed by atoms with van der Waals surface area (Å²) in [6.45, 7) is 1.52. The molecular weight excluding hydrogens is 276 g/mol. The summed E-state index contributed by atoms with van der Waals surface area (Å²) in [6.07, 6.45) is 0. The summed E-state index contributed by atoms with van der Waals surface area (Å²) in [5, 5.41) is 0.622. The van der Waals surface area contributed by atoms with Crippen molar-refractivity contribution in [1.82, 2.24) is 0 Å². The summed E-state index contributed by atoms with van der Waals surface area (Å²) < 4.78 is 10.7. The van der Waals surface area contributed by atoms with Crippen molar-refractivity contribution >= 4 is 17.4 Å². The van der Waals surface area contributed by atoms with Crippen LogP contribution in [0.15, 0.2) is 36.4 Å². The molecule has 0 fully saturated rings. The number of halogens is 1. The van der Waals surface area contributed by atoms with Crippen LogP contribution >= 0.6 is 11.6 Å². The SMILES string of the molecule is COc1cc(C(C)=O)cc(-c2cccc(Cl)c2)c1OC.